The number of rotatable bonds is 2. The van der Waals surface area contributed by atoms with E-state index in [1.165, 1.54) is 6.42 Å². The lowest BCUT2D eigenvalue weighted by Gasteiger charge is -2.35. The van der Waals surface area contributed by atoms with Crippen LogP contribution in [-0.4, -0.2) is 10.8 Å². The van der Waals surface area contributed by atoms with Gasteiger partial charge in [-0.15, -0.1) is 0 Å². The molecule has 17 heavy (non-hydrogen) atoms. The number of ketones is 1. The molecule has 1 aromatic rings. The van der Waals surface area contributed by atoms with Crippen molar-refractivity contribution in [2.75, 3.05) is 0 Å². The third-order valence-electron chi connectivity index (χ3n) is 4.07. The molecule has 2 rings (SSSR count). The minimum Gasteiger partial charge on any atom is -0.299 e. The SMILES string of the molecule is CC(=O)C1(c2nc(C)ccc2C)CCCCC1. The minimum absolute atomic E-state index is 0.290. The lowest BCUT2D eigenvalue weighted by molar-refractivity contribution is -0.123. The Labute approximate surface area is 103 Å². The van der Waals surface area contributed by atoms with Crippen molar-refractivity contribution in [3.05, 3.63) is 29.1 Å². The Balaban J connectivity index is 2.52. The van der Waals surface area contributed by atoms with Crippen molar-refractivity contribution in [1.82, 2.24) is 4.98 Å². The zero-order chi connectivity index (χ0) is 12.5. The second-order valence-electron chi connectivity index (χ2n) is 5.32. The van der Waals surface area contributed by atoms with Gasteiger partial charge in [0.25, 0.3) is 0 Å². The van der Waals surface area contributed by atoms with Gasteiger partial charge in [0, 0.05) is 5.69 Å². The zero-order valence-corrected chi connectivity index (χ0v) is 11.0. The van der Waals surface area contributed by atoms with Crippen molar-refractivity contribution in [1.29, 1.82) is 0 Å². The van der Waals surface area contributed by atoms with Crippen molar-refractivity contribution >= 4 is 5.78 Å². The van der Waals surface area contributed by atoms with E-state index in [0.29, 0.717) is 5.78 Å². The highest BCUT2D eigenvalue weighted by Gasteiger charge is 2.40. The van der Waals surface area contributed by atoms with Gasteiger partial charge in [0.05, 0.1) is 11.1 Å². The molecule has 2 heteroatoms. The number of hydrogen-bond acceptors (Lipinski definition) is 2. The van der Waals surface area contributed by atoms with Crippen molar-refractivity contribution in [3.63, 3.8) is 0 Å². The first-order valence-corrected chi connectivity index (χ1v) is 6.52. The maximum atomic E-state index is 12.1. The molecule has 1 aliphatic rings. The first-order valence-electron chi connectivity index (χ1n) is 6.52. The normalized spacial score (nSPS) is 19.0. The molecule has 0 unspecified atom stereocenters. The molecule has 1 saturated carbocycles. The van der Waals surface area contributed by atoms with E-state index in [4.69, 9.17) is 0 Å². The Kier molecular flexibility index (Phi) is 3.32. The van der Waals surface area contributed by atoms with E-state index in [9.17, 15) is 4.79 Å². The average molecular weight is 231 g/mol. The molecule has 0 spiro atoms. The van der Waals surface area contributed by atoms with Gasteiger partial charge in [0.1, 0.15) is 5.78 Å². The third kappa shape index (κ3) is 2.13. The van der Waals surface area contributed by atoms with Gasteiger partial charge >= 0.3 is 0 Å². The van der Waals surface area contributed by atoms with Gasteiger partial charge in [-0.25, -0.2) is 0 Å². The fourth-order valence-electron chi connectivity index (χ4n) is 3.02. The smallest absolute Gasteiger partial charge is 0.141 e. The van der Waals surface area contributed by atoms with Crippen LogP contribution in [0.4, 0.5) is 0 Å². The summed E-state index contributed by atoms with van der Waals surface area (Å²) >= 11 is 0. The molecule has 0 saturated heterocycles. The molecule has 0 bridgehead atoms. The molecule has 0 N–H and O–H groups in total. The highest BCUT2D eigenvalue weighted by atomic mass is 16.1. The maximum absolute atomic E-state index is 12.1. The molecule has 0 aromatic carbocycles. The summed E-state index contributed by atoms with van der Waals surface area (Å²) in [5.41, 5.74) is 2.91. The average Bonchev–Trinajstić information content (AvgIpc) is 2.33. The third-order valence-corrected chi connectivity index (χ3v) is 4.07. The van der Waals surface area contributed by atoms with E-state index < -0.39 is 0 Å². The molecule has 0 atom stereocenters. The topological polar surface area (TPSA) is 30.0 Å². The summed E-state index contributed by atoms with van der Waals surface area (Å²) in [5, 5.41) is 0. The predicted molar refractivity (Wildman–Crippen MR) is 69.2 cm³/mol. The summed E-state index contributed by atoms with van der Waals surface area (Å²) in [6, 6.07) is 4.12. The van der Waals surface area contributed by atoms with Gasteiger partial charge in [-0.1, -0.05) is 25.3 Å². The molecule has 2 nitrogen and oxygen atoms in total. The number of carbonyl (C=O) groups is 1. The van der Waals surface area contributed by atoms with Gasteiger partial charge < -0.3 is 0 Å². The molecular formula is C15H21NO. The highest BCUT2D eigenvalue weighted by Crippen LogP contribution is 2.40. The monoisotopic (exact) mass is 231 g/mol. The van der Waals surface area contributed by atoms with E-state index in [2.05, 4.69) is 18.0 Å². The Hall–Kier alpha value is -1.18. The molecule has 1 heterocycles. The van der Waals surface area contributed by atoms with E-state index in [1.54, 1.807) is 6.92 Å². The Bertz CT molecular complexity index is 431. The number of nitrogens with zero attached hydrogens (tertiary/aromatic N) is 1. The molecule has 92 valence electrons. The number of Topliss-reactive ketones (excluding diaryl/α,β-unsaturated/α-hetero) is 1. The van der Waals surface area contributed by atoms with Gasteiger partial charge in [0.2, 0.25) is 0 Å². The van der Waals surface area contributed by atoms with Crippen molar-refractivity contribution in [2.24, 2.45) is 0 Å². The van der Waals surface area contributed by atoms with Crippen molar-refractivity contribution < 1.29 is 4.79 Å². The summed E-state index contributed by atoms with van der Waals surface area (Å²) in [6.45, 7) is 5.80. The van der Waals surface area contributed by atoms with Crippen LogP contribution in [0.2, 0.25) is 0 Å². The van der Waals surface area contributed by atoms with Crippen LogP contribution in [0, 0.1) is 13.8 Å². The van der Waals surface area contributed by atoms with E-state index in [-0.39, 0.29) is 5.41 Å². The molecular weight excluding hydrogens is 210 g/mol. The van der Waals surface area contributed by atoms with E-state index >= 15 is 0 Å². The molecule has 1 aromatic heterocycles. The number of carbonyl (C=O) groups excluding carboxylic acids is 1. The second kappa shape index (κ2) is 4.59. The van der Waals surface area contributed by atoms with Gasteiger partial charge in [-0.2, -0.15) is 0 Å². The summed E-state index contributed by atoms with van der Waals surface area (Å²) in [5.74, 6) is 0.290. The molecule has 0 radical (unpaired) electrons. The van der Waals surface area contributed by atoms with Gasteiger partial charge in [-0.05, 0) is 45.2 Å². The van der Waals surface area contributed by atoms with Crippen molar-refractivity contribution in [3.8, 4) is 0 Å². The van der Waals surface area contributed by atoms with Crippen LogP contribution in [0.1, 0.15) is 56.0 Å². The van der Waals surface area contributed by atoms with E-state index in [1.807, 2.05) is 13.0 Å². The number of aryl methyl sites for hydroxylation is 2. The van der Waals surface area contributed by atoms with Crippen LogP contribution in [0.3, 0.4) is 0 Å². The summed E-state index contributed by atoms with van der Waals surface area (Å²) in [6.07, 6.45) is 5.49. The first-order chi connectivity index (χ1) is 8.06. The van der Waals surface area contributed by atoms with Crippen LogP contribution in [0.15, 0.2) is 12.1 Å². The summed E-state index contributed by atoms with van der Waals surface area (Å²) in [4.78, 5) is 16.8. The molecule has 1 fully saturated rings. The van der Waals surface area contributed by atoms with Crippen LogP contribution in [0.5, 0.6) is 0 Å². The molecule has 0 amide bonds. The zero-order valence-electron chi connectivity index (χ0n) is 11.0. The van der Waals surface area contributed by atoms with Crippen molar-refractivity contribution in [2.45, 2.75) is 58.3 Å². The van der Waals surface area contributed by atoms with Crippen LogP contribution in [-0.2, 0) is 10.2 Å². The summed E-state index contributed by atoms with van der Waals surface area (Å²) < 4.78 is 0. The van der Waals surface area contributed by atoms with Crippen LogP contribution < -0.4 is 0 Å². The van der Waals surface area contributed by atoms with Crippen LogP contribution in [0.25, 0.3) is 0 Å². The Morgan fingerprint density at radius 3 is 2.41 bits per heavy atom. The fourth-order valence-corrected chi connectivity index (χ4v) is 3.02. The molecule has 0 aliphatic heterocycles. The quantitative estimate of drug-likeness (QED) is 0.780. The Morgan fingerprint density at radius 2 is 1.82 bits per heavy atom. The predicted octanol–water partition coefficient (Wildman–Crippen LogP) is 3.49. The van der Waals surface area contributed by atoms with Crippen LogP contribution >= 0.6 is 0 Å². The number of hydrogen-bond donors (Lipinski definition) is 0. The summed E-state index contributed by atoms with van der Waals surface area (Å²) in [7, 11) is 0. The molecule has 1 aliphatic carbocycles. The minimum atomic E-state index is -0.297. The second-order valence-corrected chi connectivity index (χ2v) is 5.32. The first kappa shape index (κ1) is 12.3. The largest absolute Gasteiger partial charge is 0.299 e. The highest BCUT2D eigenvalue weighted by molar-refractivity contribution is 5.88. The van der Waals surface area contributed by atoms with E-state index in [0.717, 1.165) is 42.6 Å². The lowest BCUT2D eigenvalue weighted by atomic mass is 9.68. The number of pyridine rings is 1. The standard InChI is InChI=1S/C15H21NO/c1-11-7-8-12(2)16-14(11)15(13(3)17)9-5-4-6-10-15/h7-8H,4-6,9-10H2,1-3H3. The van der Waals surface area contributed by atoms with Gasteiger partial charge in [0.15, 0.2) is 0 Å². The Morgan fingerprint density at radius 1 is 1.18 bits per heavy atom. The number of aromatic nitrogens is 1. The van der Waals surface area contributed by atoms with Gasteiger partial charge in [-0.3, -0.25) is 9.78 Å². The maximum Gasteiger partial charge on any atom is 0.141 e. The lowest BCUT2D eigenvalue weighted by Crippen LogP contribution is -2.38. The fraction of sp³-hybridized carbons (Fsp3) is 0.600.